The molecule has 1 saturated heterocycles. The molecule has 78 valence electrons. The third kappa shape index (κ3) is 2.70. The molecule has 0 aliphatic carbocycles. The van der Waals surface area contributed by atoms with E-state index in [1.54, 1.807) is 0 Å². The van der Waals surface area contributed by atoms with Crippen molar-refractivity contribution in [3.05, 3.63) is 0 Å². The molecule has 0 radical (unpaired) electrons. The molecule has 1 unspecified atom stereocenters. The van der Waals surface area contributed by atoms with Gasteiger partial charge in [-0.1, -0.05) is 0 Å². The minimum absolute atomic E-state index is 0.441. The molecule has 0 bridgehead atoms. The first kappa shape index (κ1) is 11.0. The van der Waals surface area contributed by atoms with Crippen molar-refractivity contribution in [3.63, 3.8) is 0 Å². The summed E-state index contributed by atoms with van der Waals surface area (Å²) in [6.45, 7) is 0.493. The lowest BCUT2D eigenvalue weighted by Gasteiger charge is -2.18. The number of carbonyl (C=O) groups excluding carboxylic acids is 1. The normalized spacial score (nSPS) is 22.0. The Bertz CT molecular complexity index is 369. The Kier molecular flexibility index (Phi) is 3.11. The molecule has 1 aliphatic rings. The van der Waals surface area contributed by atoms with Gasteiger partial charge in [-0.3, -0.25) is 4.79 Å². The number of rotatable bonds is 2. The number of hydrogen-bond acceptors (Lipinski definition) is 4. The maximum atomic E-state index is 11.4. The quantitative estimate of drug-likeness (QED) is 0.626. The summed E-state index contributed by atoms with van der Waals surface area (Å²) in [7, 11) is -3.29. The summed E-state index contributed by atoms with van der Waals surface area (Å²) in [5.41, 5.74) is 0. The van der Waals surface area contributed by atoms with E-state index >= 15 is 0 Å². The number of carbonyl (C=O) groups is 1. The summed E-state index contributed by atoms with van der Waals surface area (Å²) in [6.07, 6.45) is 2.43. The van der Waals surface area contributed by atoms with Gasteiger partial charge in [-0.05, 0) is 12.8 Å². The van der Waals surface area contributed by atoms with Gasteiger partial charge in [0.25, 0.3) is 0 Å². The van der Waals surface area contributed by atoms with E-state index in [2.05, 4.69) is 0 Å². The van der Waals surface area contributed by atoms with Crippen molar-refractivity contribution >= 4 is 15.7 Å². The fourth-order valence-corrected chi connectivity index (χ4v) is 2.12. The minimum Gasteiger partial charge on any atom is -0.326 e. The third-order valence-corrected chi connectivity index (χ3v) is 2.88. The van der Waals surface area contributed by atoms with Gasteiger partial charge in [0.05, 0.1) is 6.07 Å². The zero-order valence-corrected chi connectivity index (χ0v) is 8.75. The smallest absolute Gasteiger partial charge is 0.238 e. The van der Waals surface area contributed by atoms with Crippen LogP contribution in [-0.4, -0.2) is 43.8 Å². The maximum Gasteiger partial charge on any atom is 0.238 e. The van der Waals surface area contributed by atoms with Crippen LogP contribution in [0, 0.1) is 11.3 Å². The fraction of sp³-hybridized carbons (Fsp3) is 0.750. The number of nitrogens with zero attached hydrogens (tertiary/aromatic N) is 2. The van der Waals surface area contributed by atoms with E-state index in [-0.39, 0.29) is 0 Å². The second kappa shape index (κ2) is 3.96. The van der Waals surface area contributed by atoms with Crippen molar-refractivity contribution in [1.29, 1.82) is 5.26 Å². The lowest BCUT2D eigenvalue weighted by molar-refractivity contribution is -0.128. The Morgan fingerprint density at radius 2 is 2.29 bits per heavy atom. The molecule has 0 aromatic carbocycles. The van der Waals surface area contributed by atoms with E-state index < -0.39 is 27.5 Å². The average Bonchev–Trinajstić information content (AvgIpc) is 2.47. The highest BCUT2D eigenvalue weighted by Gasteiger charge is 2.29. The van der Waals surface area contributed by atoms with Gasteiger partial charge in [0, 0.05) is 12.8 Å². The molecule has 1 heterocycles. The topological polar surface area (TPSA) is 78.2 Å². The van der Waals surface area contributed by atoms with E-state index in [0.717, 1.165) is 12.7 Å². The number of nitriles is 1. The van der Waals surface area contributed by atoms with Crippen molar-refractivity contribution in [3.8, 4) is 6.07 Å². The molecule has 0 aromatic heterocycles. The average molecular weight is 216 g/mol. The first-order valence-electron chi connectivity index (χ1n) is 4.31. The van der Waals surface area contributed by atoms with E-state index in [0.29, 0.717) is 13.0 Å². The molecule has 1 atom stereocenters. The molecule has 1 fully saturated rings. The van der Waals surface area contributed by atoms with Crippen LogP contribution in [0.3, 0.4) is 0 Å². The van der Waals surface area contributed by atoms with Crippen LogP contribution in [0.15, 0.2) is 0 Å². The number of hydrogen-bond donors (Lipinski definition) is 0. The van der Waals surface area contributed by atoms with E-state index in [4.69, 9.17) is 5.26 Å². The zero-order chi connectivity index (χ0) is 10.8. The van der Waals surface area contributed by atoms with Crippen molar-refractivity contribution in [2.24, 2.45) is 0 Å². The molecule has 0 spiro atoms. The third-order valence-electron chi connectivity index (χ3n) is 2.11. The Hall–Kier alpha value is -1.09. The SMILES string of the molecule is CS(=O)(=O)CC(=O)N1CCCC1C#N. The predicted octanol–water partition coefficient (Wildman–Crippen LogP) is -0.454. The monoisotopic (exact) mass is 216 g/mol. The molecule has 1 rings (SSSR count). The van der Waals surface area contributed by atoms with Gasteiger partial charge in [-0.2, -0.15) is 5.26 Å². The van der Waals surface area contributed by atoms with Gasteiger partial charge in [0.15, 0.2) is 9.84 Å². The molecular weight excluding hydrogens is 204 g/mol. The van der Waals surface area contributed by atoms with Crippen molar-refractivity contribution < 1.29 is 13.2 Å². The summed E-state index contributed by atoms with van der Waals surface area (Å²) in [5, 5.41) is 8.69. The highest BCUT2D eigenvalue weighted by atomic mass is 32.2. The summed E-state index contributed by atoms with van der Waals surface area (Å²) >= 11 is 0. The van der Waals surface area contributed by atoms with Crippen LogP contribution >= 0.6 is 0 Å². The standard InChI is InChI=1S/C8H12N2O3S/c1-14(12,13)6-8(11)10-4-2-3-7(10)5-9/h7H,2-4,6H2,1H3. The van der Waals surface area contributed by atoms with E-state index in [1.165, 1.54) is 4.90 Å². The summed E-state index contributed by atoms with van der Waals surface area (Å²) in [6, 6.07) is 1.55. The van der Waals surface area contributed by atoms with Crippen molar-refractivity contribution in [2.75, 3.05) is 18.6 Å². The minimum atomic E-state index is -3.29. The lowest BCUT2D eigenvalue weighted by atomic mass is 10.2. The van der Waals surface area contributed by atoms with Crippen LogP contribution in [-0.2, 0) is 14.6 Å². The predicted molar refractivity (Wildman–Crippen MR) is 50.1 cm³/mol. The number of amides is 1. The second-order valence-corrected chi connectivity index (χ2v) is 5.58. The molecule has 6 heteroatoms. The fourth-order valence-electron chi connectivity index (χ4n) is 1.51. The molecule has 0 saturated carbocycles. The number of likely N-dealkylation sites (tertiary alicyclic amines) is 1. The largest absolute Gasteiger partial charge is 0.326 e. The van der Waals surface area contributed by atoms with E-state index in [9.17, 15) is 13.2 Å². The molecule has 5 nitrogen and oxygen atoms in total. The summed E-state index contributed by atoms with van der Waals surface area (Å²) in [5.74, 6) is -0.956. The Labute approximate surface area is 83.2 Å². The van der Waals surface area contributed by atoms with Gasteiger partial charge in [-0.15, -0.1) is 0 Å². The van der Waals surface area contributed by atoms with Crippen LogP contribution in [0.4, 0.5) is 0 Å². The van der Waals surface area contributed by atoms with Crippen LogP contribution in [0.5, 0.6) is 0 Å². The van der Waals surface area contributed by atoms with Crippen LogP contribution in [0.25, 0.3) is 0 Å². The van der Waals surface area contributed by atoms with Gasteiger partial charge in [0.2, 0.25) is 5.91 Å². The molecule has 1 amide bonds. The van der Waals surface area contributed by atoms with Gasteiger partial charge >= 0.3 is 0 Å². The molecule has 0 aromatic rings. The Balaban J connectivity index is 2.66. The van der Waals surface area contributed by atoms with Crippen molar-refractivity contribution in [1.82, 2.24) is 4.90 Å². The van der Waals surface area contributed by atoms with Gasteiger partial charge < -0.3 is 4.90 Å². The van der Waals surface area contributed by atoms with Gasteiger partial charge in [0.1, 0.15) is 11.8 Å². The Morgan fingerprint density at radius 1 is 1.64 bits per heavy atom. The highest BCUT2D eigenvalue weighted by Crippen LogP contribution is 2.16. The zero-order valence-electron chi connectivity index (χ0n) is 7.93. The maximum absolute atomic E-state index is 11.4. The first-order chi connectivity index (χ1) is 6.44. The first-order valence-corrected chi connectivity index (χ1v) is 6.37. The van der Waals surface area contributed by atoms with E-state index in [1.807, 2.05) is 6.07 Å². The lowest BCUT2D eigenvalue weighted by Crippen LogP contribution is -2.38. The highest BCUT2D eigenvalue weighted by molar-refractivity contribution is 7.91. The Morgan fingerprint density at radius 3 is 2.79 bits per heavy atom. The van der Waals surface area contributed by atoms with Crippen LogP contribution < -0.4 is 0 Å². The van der Waals surface area contributed by atoms with Crippen LogP contribution in [0.2, 0.25) is 0 Å². The van der Waals surface area contributed by atoms with Gasteiger partial charge in [-0.25, -0.2) is 8.42 Å². The van der Waals surface area contributed by atoms with Crippen LogP contribution in [0.1, 0.15) is 12.8 Å². The molecule has 14 heavy (non-hydrogen) atoms. The summed E-state index contributed by atoms with van der Waals surface area (Å²) < 4.78 is 21.7. The number of sulfone groups is 1. The molecule has 1 aliphatic heterocycles. The molecule has 0 N–H and O–H groups in total. The summed E-state index contributed by atoms with van der Waals surface area (Å²) in [4.78, 5) is 12.8. The molecular formula is C8H12N2O3S. The second-order valence-electron chi connectivity index (χ2n) is 3.44. The van der Waals surface area contributed by atoms with Crippen molar-refractivity contribution in [2.45, 2.75) is 18.9 Å².